The highest BCUT2D eigenvalue weighted by Crippen LogP contribution is 2.67. The number of ketones is 1. The fourth-order valence-corrected chi connectivity index (χ4v) is 7.85. The molecule has 3 aliphatic rings. The van der Waals surface area contributed by atoms with E-state index >= 15 is 0 Å². The van der Waals surface area contributed by atoms with Gasteiger partial charge in [0.25, 0.3) is 0 Å². The van der Waals surface area contributed by atoms with Gasteiger partial charge in [0.15, 0.2) is 6.61 Å². The number of esters is 2. The summed E-state index contributed by atoms with van der Waals surface area (Å²) in [5, 5.41) is 12.1. The van der Waals surface area contributed by atoms with E-state index in [1.807, 2.05) is 6.92 Å². The predicted molar refractivity (Wildman–Crippen MR) is 146 cm³/mol. The molecule has 7 heteroatoms. The van der Waals surface area contributed by atoms with Crippen LogP contribution in [0.15, 0.2) is 43.0 Å². The van der Waals surface area contributed by atoms with Crippen LogP contribution in [-0.2, 0) is 23.9 Å². The van der Waals surface area contributed by atoms with Gasteiger partial charge >= 0.3 is 11.9 Å². The van der Waals surface area contributed by atoms with Crippen LogP contribution in [0.4, 0.5) is 0 Å². The summed E-state index contributed by atoms with van der Waals surface area (Å²) in [7, 11) is 0. The summed E-state index contributed by atoms with van der Waals surface area (Å²) in [6.07, 6.45) is 6.46. The van der Waals surface area contributed by atoms with Crippen molar-refractivity contribution in [3.05, 3.63) is 53.6 Å². The Kier molecular flexibility index (Phi) is 7.98. The third-order valence-corrected chi connectivity index (χ3v) is 10.4. The molecule has 0 aromatic heterocycles. The fourth-order valence-electron chi connectivity index (χ4n) is 7.65. The number of benzene rings is 1. The molecule has 38 heavy (non-hydrogen) atoms. The number of aliphatic hydroxyl groups is 1. The van der Waals surface area contributed by atoms with Gasteiger partial charge in [0, 0.05) is 34.3 Å². The molecular formula is C31H39ClO6. The van der Waals surface area contributed by atoms with Gasteiger partial charge in [-0.15, -0.1) is 6.58 Å². The van der Waals surface area contributed by atoms with Crippen LogP contribution >= 0.6 is 11.6 Å². The second kappa shape index (κ2) is 10.6. The Morgan fingerprint density at radius 2 is 1.97 bits per heavy atom. The molecule has 0 unspecified atom stereocenters. The predicted octanol–water partition coefficient (Wildman–Crippen LogP) is 5.80. The molecule has 206 valence electrons. The van der Waals surface area contributed by atoms with E-state index in [0.29, 0.717) is 17.9 Å². The Labute approximate surface area is 230 Å². The van der Waals surface area contributed by atoms with Crippen molar-refractivity contribution in [3.63, 3.8) is 0 Å². The standard InChI is InChI=1S/C31H39ClO6/c1-6-29(4)17-24(38-26(35)18-37-25(34)11-10-21-8-7-9-22(32)16-21)30(5)19(2)12-14-31(20(3)28(29)36)15-13-23(33)27(30)31/h6-11,16,19-20,24,27-28,36H,1,12-15,17-18H2,2-5H3/b11-10+/t19-,20+,24-,27+,28+,29-,30+,31+/m1/s1. The van der Waals surface area contributed by atoms with E-state index in [9.17, 15) is 19.5 Å². The van der Waals surface area contributed by atoms with Gasteiger partial charge < -0.3 is 14.6 Å². The Morgan fingerprint density at radius 1 is 1.24 bits per heavy atom. The molecule has 0 saturated heterocycles. The summed E-state index contributed by atoms with van der Waals surface area (Å²) >= 11 is 5.97. The molecule has 0 radical (unpaired) electrons. The van der Waals surface area contributed by atoms with Gasteiger partial charge in [-0.2, -0.15) is 0 Å². The van der Waals surface area contributed by atoms with Crippen LogP contribution in [0.2, 0.25) is 5.02 Å². The number of halogens is 1. The van der Waals surface area contributed by atoms with E-state index in [0.717, 1.165) is 24.8 Å². The lowest BCUT2D eigenvalue weighted by Crippen LogP contribution is -2.63. The molecule has 6 nitrogen and oxygen atoms in total. The number of carbonyl (C=O) groups is 3. The van der Waals surface area contributed by atoms with E-state index in [4.69, 9.17) is 21.1 Å². The number of ether oxygens (including phenoxy) is 2. The van der Waals surface area contributed by atoms with Crippen molar-refractivity contribution >= 4 is 35.4 Å². The van der Waals surface area contributed by atoms with Crippen molar-refractivity contribution in [2.24, 2.45) is 34.0 Å². The van der Waals surface area contributed by atoms with Gasteiger partial charge in [0.2, 0.25) is 0 Å². The Balaban J connectivity index is 1.56. The summed E-state index contributed by atoms with van der Waals surface area (Å²) in [6.45, 7) is 11.7. The summed E-state index contributed by atoms with van der Waals surface area (Å²) in [4.78, 5) is 38.8. The molecule has 4 rings (SSSR count). The third-order valence-electron chi connectivity index (χ3n) is 10.2. The summed E-state index contributed by atoms with van der Waals surface area (Å²) in [5.74, 6) is -1.44. The highest BCUT2D eigenvalue weighted by molar-refractivity contribution is 6.30. The first-order chi connectivity index (χ1) is 17.9. The first kappa shape index (κ1) is 28.6. The Bertz CT molecular complexity index is 1140. The molecule has 0 amide bonds. The fraction of sp³-hybridized carbons (Fsp3) is 0.581. The molecule has 1 aromatic carbocycles. The van der Waals surface area contributed by atoms with Crippen molar-refractivity contribution in [2.75, 3.05) is 6.61 Å². The number of hydrogen-bond acceptors (Lipinski definition) is 6. The van der Waals surface area contributed by atoms with E-state index in [1.54, 1.807) is 36.4 Å². The molecule has 3 saturated carbocycles. The lowest BCUT2D eigenvalue weighted by molar-refractivity contribution is -0.208. The molecule has 3 fully saturated rings. The summed E-state index contributed by atoms with van der Waals surface area (Å²) in [5.41, 5.74) is -0.948. The second-order valence-electron chi connectivity index (χ2n) is 12.1. The van der Waals surface area contributed by atoms with Gasteiger partial charge in [-0.3, -0.25) is 4.79 Å². The molecule has 3 aliphatic carbocycles. The minimum absolute atomic E-state index is 0.0994. The highest BCUT2D eigenvalue weighted by atomic mass is 35.5. The van der Waals surface area contributed by atoms with Gasteiger partial charge in [0.05, 0.1) is 6.10 Å². The Hall–Kier alpha value is -2.44. The first-order valence-electron chi connectivity index (χ1n) is 13.5. The van der Waals surface area contributed by atoms with Gasteiger partial charge in [-0.05, 0) is 66.7 Å². The molecular weight excluding hydrogens is 504 g/mol. The van der Waals surface area contributed by atoms with Crippen molar-refractivity contribution in [2.45, 2.75) is 72.0 Å². The van der Waals surface area contributed by atoms with Crippen LogP contribution < -0.4 is 0 Å². The van der Waals surface area contributed by atoms with Gasteiger partial charge in [-0.25, -0.2) is 9.59 Å². The zero-order valence-electron chi connectivity index (χ0n) is 22.7. The topological polar surface area (TPSA) is 89.9 Å². The number of Topliss-reactive ketones (excluding diaryl/α,β-unsaturated/α-hetero) is 1. The van der Waals surface area contributed by atoms with Crippen LogP contribution in [0, 0.1) is 34.0 Å². The zero-order valence-corrected chi connectivity index (χ0v) is 23.5. The van der Waals surface area contributed by atoms with Crippen LogP contribution in [0.5, 0.6) is 0 Å². The largest absolute Gasteiger partial charge is 0.459 e. The average Bonchev–Trinajstić information content (AvgIpc) is 3.24. The highest BCUT2D eigenvalue weighted by Gasteiger charge is 2.68. The zero-order chi connectivity index (χ0) is 27.9. The van der Waals surface area contributed by atoms with E-state index in [-0.39, 0.29) is 29.0 Å². The number of rotatable bonds is 6. The second-order valence-corrected chi connectivity index (χ2v) is 12.5. The normalized spacial score (nSPS) is 38.7. The quantitative estimate of drug-likeness (QED) is 0.277. The molecule has 0 aliphatic heterocycles. The molecule has 1 N–H and O–H groups in total. The minimum atomic E-state index is -0.734. The third kappa shape index (κ3) is 4.86. The van der Waals surface area contributed by atoms with Crippen LogP contribution in [0.3, 0.4) is 0 Å². The van der Waals surface area contributed by atoms with E-state index in [1.165, 1.54) is 6.08 Å². The monoisotopic (exact) mass is 542 g/mol. The molecule has 8 atom stereocenters. The maximum Gasteiger partial charge on any atom is 0.344 e. The lowest BCUT2D eigenvalue weighted by Gasteiger charge is -2.61. The van der Waals surface area contributed by atoms with Crippen molar-refractivity contribution in [3.8, 4) is 0 Å². The molecule has 0 heterocycles. The van der Waals surface area contributed by atoms with Crippen LogP contribution in [0.1, 0.15) is 65.4 Å². The molecule has 1 aromatic rings. The number of hydrogen-bond donors (Lipinski definition) is 1. The smallest absolute Gasteiger partial charge is 0.344 e. The van der Waals surface area contributed by atoms with Crippen LogP contribution in [-0.4, -0.2) is 41.6 Å². The van der Waals surface area contributed by atoms with Gasteiger partial charge in [-0.1, -0.05) is 57.5 Å². The minimum Gasteiger partial charge on any atom is -0.459 e. The van der Waals surface area contributed by atoms with Crippen molar-refractivity contribution in [1.29, 1.82) is 0 Å². The average molecular weight is 543 g/mol. The summed E-state index contributed by atoms with van der Waals surface area (Å²) < 4.78 is 11.3. The van der Waals surface area contributed by atoms with Crippen LogP contribution in [0.25, 0.3) is 6.08 Å². The number of aliphatic hydroxyl groups excluding tert-OH is 1. The maximum atomic E-state index is 13.4. The molecule has 0 spiro atoms. The maximum absolute atomic E-state index is 13.4. The number of carbonyl (C=O) groups excluding carboxylic acids is 3. The van der Waals surface area contributed by atoms with E-state index < -0.39 is 41.6 Å². The van der Waals surface area contributed by atoms with Crippen molar-refractivity contribution in [1.82, 2.24) is 0 Å². The van der Waals surface area contributed by atoms with Gasteiger partial charge in [0.1, 0.15) is 11.9 Å². The summed E-state index contributed by atoms with van der Waals surface area (Å²) in [6, 6.07) is 7.00. The first-order valence-corrected chi connectivity index (χ1v) is 13.9. The van der Waals surface area contributed by atoms with Crippen molar-refractivity contribution < 1.29 is 29.0 Å². The van der Waals surface area contributed by atoms with E-state index in [2.05, 4.69) is 27.4 Å². The SMILES string of the molecule is C=C[C@]1(C)C[C@@H](OC(=O)COC(=O)/C=C/c2cccc(Cl)c2)[C@]2(C)[C@H](C)CC[C@]3(CCC(=O)[C@H]32)[C@@H](C)[C@@H]1O. The Morgan fingerprint density at radius 3 is 2.66 bits per heavy atom. The molecule has 2 bridgehead atoms. The lowest BCUT2D eigenvalue weighted by atomic mass is 9.44.